The molecule has 0 spiro atoms. The monoisotopic (exact) mass is 536 g/mol. The number of benzene rings is 1. The fraction of sp³-hybridized carbons (Fsp3) is 0.500. The summed E-state index contributed by atoms with van der Waals surface area (Å²) in [6.45, 7) is 3.25. The van der Waals surface area contributed by atoms with Crippen LogP contribution in [0.25, 0.3) is 0 Å². The van der Waals surface area contributed by atoms with Crippen LogP contribution in [0.5, 0.6) is 0 Å². The van der Waals surface area contributed by atoms with E-state index in [2.05, 4.69) is 26.6 Å². The van der Waals surface area contributed by atoms with Gasteiger partial charge in [-0.1, -0.05) is 30.3 Å². The number of primary amides is 1. The van der Waals surface area contributed by atoms with E-state index in [1.165, 1.54) is 0 Å². The van der Waals surface area contributed by atoms with Crippen molar-refractivity contribution in [3.8, 4) is 0 Å². The number of rotatable bonds is 14. The number of hydrogen-bond acceptors (Lipinski definition) is 8. The van der Waals surface area contributed by atoms with Gasteiger partial charge in [-0.25, -0.2) is 4.79 Å². The molecule has 1 rings (SSSR count). The SMILES string of the molecule is CC(C)(C)OC(=O)N[C@@H](CNC(=O)CCO)C(=O)N[C@@H](Cc1ccccc1)C(=O)NCC(=O)NCC(N)=O. The smallest absolute Gasteiger partial charge is 0.408 e. The maximum atomic E-state index is 13.1. The number of nitrogens with one attached hydrogen (secondary N) is 5. The second-order valence-corrected chi connectivity index (χ2v) is 9.19. The van der Waals surface area contributed by atoms with Crippen LogP contribution in [-0.2, 0) is 35.1 Å². The van der Waals surface area contributed by atoms with Gasteiger partial charge in [0.2, 0.25) is 29.5 Å². The van der Waals surface area contributed by atoms with E-state index in [0.717, 1.165) is 0 Å². The third-order valence-corrected chi connectivity index (χ3v) is 4.65. The Labute approximate surface area is 220 Å². The molecule has 8 N–H and O–H groups in total. The van der Waals surface area contributed by atoms with Crippen molar-refractivity contribution in [2.24, 2.45) is 5.73 Å². The summed E-state index contributed by atoms with van der Waals surface area (Å²) in [5.74, 6) is -3.51. The van der Waals surface area contributed by atoms with Gasteiger partial charge in [0.25, 0.3) is 0 Å². The minimum absolute atomic E-state index is 0.0390. The standard InChI is InChI=1S/C24H36N6O8/c1-24(2,3)38-23(37)30-17(12-26-19(33)9-10-31)22(36)29-16(11-15-7-5-4-6-8-15)21(35)28-14-20(34)27-13-18(25)32/h4-8,16-17,31H,9-14H2,1-3H3,(H2,25,32)(H,26,33)(H,27,34)(H,28,35)(H,29,36)(H,30,37)/t16-,17-/m0/s1. The molecule has 0 fully saturated rings. The first-order valence-electron chi connectivity index (χ1n) is 11.8. The Balaban J connectivity index is 3.02. The van der Waals surface area contributed by atoms with E-state index < -0.39 is 73.0 Å². The Morgan fingerprint density at radius 2 is 1.53 bits per heavy atom. The molecule has 0 aliphatic carbocycles. The summed E-state index contributed by atoms with van der Waals surface area (Å²) in [7, 11) is 0. The van der Waals surface area contributed by atoms with Crippen LogP contribution >= 0.6 is 0 Å². The van der Waals surface area contributed by atoms with E-state index in [-0.39, 0.29) is 19.4 Å². The highest BCUT2D eigenvalue weighted by molar-refractivity contribution is 5.94. The third-order valence-electron chi connectivity index (χ3n) is 4.65. The van der Waals surface area contributed by atoms with Gasteiger partial charge >= 0.3 is 6.09 Å². The zero-order valence-electron chi connectivity index (χ0n) is 21.7. The summed E-state index contributed by atoms with van der Waals surface area (Å²) in [6, 6.07) is 6.22. The zero-order valence-corrected chi connectivity index (χ0v) is 21.7. The molecule has 0 aliphatic rings. The number of carbonyl (C=O) groups is 6. The maximum Gasteiger partial charge on any atom is 0.408 e. The molecule has 210 valence electrons. The minimum Gasteiger partial charge on any atom is -0.444 e. The van der Waals surface area contributed by atoms with Crippen LogP contribution in [0.3, 0.4) is 0 Å². The van der Waals surface area contributed by atoms with Crippen molar-refractivity contribution in [2.75, 3.05) is 26.2 Å². The lowest BCUT2D eigenvalue weighted by Gasteiger charge is -2.25. The van der Waals surface area contributed by atoms with Crippen LogP contribution in [0.15, 0.2) is 30.3 Å². The first kappa shape index (κ1) is 31.8. The Bertz CT molecular complexity index is 980. The van der Waals surface area contributed by atoms with Crippen LogP contribution in [-0.4, -0.2) is 84.7 Å². The number of aliphatic hydroxyl groups is 1. The van der Waals surface area contributed by atoms with Gasteiger partial charge < -0.3 is 42.2 Å². The van der Waals surface area contributed by atoms with Gasteiger partial charge in [-0.2, -0.15) is 0 Å². The molecule has 1 aromatic rings. The van der Waals surface area contributed by atoms with E-state index >= 15 is 0 Å². The summed E-state index contributed by atoms with van der Waals surface area (Å²) in [6.07, 6.45) is -1.10. The van der Waals surface area contributed by atoms with E-state index in [1.54, 1.807) is 51.1 Å². The fourth-order valence-electron chi connectivity index (χ4n) is 2.94. The van der Waals surface area contributed by atoms with Crippen molar-refractivity contribution in [2.45, 2.75) is 51.3 Å². The van der Waals surface area contributed by atoms with E-state index in [4.69, 9.17) is 15.6 Å². The molecule has 38 heavy (non-hydrogen) atoms. The number of alkyl carbamates (subject to hydrolysis) is 1. The van der Waals surface area contributed by atoms with Crippen LogP contribution in [0, 0.1) is 0 Å². The van der Waals surface area contributed by atoms with Crippen molar-refractivity contribution >= 4 is 35.6 Å². The second kappa shape index (κ2) is 15.8. The number of nitrogens with two attached hydrogens (primary N) is 1. The molecule has 0 saturated carbocycles. The van der Waals surface area contributed by atoms with Crippen LogP contribution in [0.4, 0.5) is 4.79 Å². The molecule has 0 heterocycles. The summed E-state index contributed by atoms with van der Waals surface area (Å²) < 4.78 is 5.19. The molecule has 0 unspecified atom stereocenters. The lowest BCUT2D eigenvalue weighted by molar-refractivity contribution is -0.131. The average Bonchev–Trinajstić information content (AvgIpc) is 2.82. The number of aliphatic hydroxyl groups excluding tert-OH is 1. The molecule has 0 radical (unpaired) electrons. The molecule has 0 bridgehead atoms. The van der Waals surface area contributed by atoms with Gasteiger partial charge in [0, 0.05) is 19.4 Å². The second-order valence-electron chi connectivity index (χ2n) is 9.19. The molecule has 14 heteroatoms. The quantitative estimate of drug-likeness (QED) is 0.138. The van der Waals surface area contributed by atoms with E-state index in [9.17, 15) is 28.8 Å². The largest absolute Gasteiger partial charge is 0.444 e. The Hall–Kier alpha value is -4.20. The predicted octanol–water partition coefficient (Wildman–Crippen LogP) is -2.18. The Kier molecular flexibility index (Phi) is 13.2. The minimum atomic E-state index is -1.34. The first-order chi connectivity index (χ1) is 17.8. The number of amides is 6. The van der Waals surface area contributed by atoms with E-state index in [1.807, 2.05) is 0 Å². The van der Waals surface area contributed by atoms with Crippen LogP contribution in [0.1, 0.15) is 32.8 Å². The highest BCUT2D eigenvalue weighted by Gasteiger charge is 2.29. The van der Waals surface area contributed by atoms with Crippen molar-refractivity contribution < 1.29 is 38.6 Å². The van der Waals surface area contributed by atoms with Gasteiger partial charge in [-0.05, 0) is 26.3 Å². The molecule has 0 saturated heterocycles. The number of carbonyl (C=O) groups excluding carboxylic acids is 6. The molecule has 6 amide bonds. The average molecular weight is 537 g/mol. The Morgan fingerprint density at radius 3 is 2.11 bits per heavy atom. The summed E-state index contributed by atoms with van der Waals surface area (Å²) in [5.41, 5.74) is 4.80. The van der Waals surface area contributed by atoms with Crippen molar-refractivity contribution in [3.05, 3.63) is 35.9 Å². The molecule has 1 aromatic carbocycles. The molecule has 0 aromatic heterocycles. The molecule has 0 aliphatic heterocycles. The van der Waals surface area contributed by atoms with E-state index in [0.29, 0.717) is 5.56 Å². The molecular formula is C24H36N6O8. The van der Waals surface area contributed by atoms with Crippen molar-refractivity contribution in [1.82, 2.24) is 26.6 Å². The van der Waals surface area contributed by atoms with Gasteiger partial charge in [0.05, 0.1) is 19.7 Å². The van der Waals surface area contributed by atoms with Gasteiger partial charge in [-0.3, -0.25) is 24.0 Å². The highest BCUT2D eigenvalue weighted by Crippen LogP contribution is 2.07. The predicted molar refractivity (Wildman–Crippen MR) is 135 cm³/mol. The molecule has 2 atom stereocenters. The lowest BCUT2D eigenvalue weighted by atomic mass is 10.0. The zero-order chi connectivity index (χ0) is 28.7. The molecular weight excluding hydrogens is 500 g/mol. The number of ether oxygens (including phenoxy) is 1. The lowest BCUT2D eigenvalue weighted by Crippen LogP contribution is -2.58. The summed E-state index contributed by atoms with van der Waals surface area (Å²) in [5, 5.41) is 20.9. The fourth-order valence-corrected chi connectivity index (χ4v) is 2.94. The van der Waals surface area contributed by atoms with Crippen LogP contribution in [0.2, 0.25) is 0 Å². The summed E-state index contributed by atoms with van der Waals surface area (Å²) >= 11 is 0. The van der Waals surface area contributed by atoms with Crippen LogP contribution < -0.4 is 32.3 Å². The van der Waals surface area contributed by atoms with Gasteiger partial charge in [-0.15, -0.1) is 0 Å². The van der Waals surface area contributed by atoms with Crippen molar-refractivity contribution in [3.63, 3.8) is 0 Å². The summed E-state index contributed by atoms with van der Waals surface area (Å²) in [4.78, 5) is 72.9. The highest BCUT2D eigenvalue weighted by atomic mass is 16.6. The third kappa shape index (κ3) is 13.8. The molecule has 14 nitrogen and oxygen atoms in total. The maximum absolute atomic E-state index is 13.1. The van der Waals surface area contributed by atoms with Crippen molar-refractivity contribution in [1.29, 1.82) is 0 Å². The number of hydrogen-bond donors (Lipinski definition) is 7. The first-order valence-corrected chi connectivity index (χ1v) is 11.8. The van der Waals surface area contributed by atoms with Gasteiger partial charge in [0.15, 0.2) is 0 Å². The Morgan fingerprint density at radius 1 is 0.868 bits per heavy atom. The normalized spacial score (nSPS) is 12.3. The van der Waals surface area contributed by atoms with Gasteiger partial charge in [0.1, 0.15) is 17.7 Å². The topological polar surface area (TPSA) is 218 Å².